The predicted octanol–water partition coefficient (Wildman–Crippen LogP) is 3.14. The molecule has 1 saturated heterocycles. The van der Waals surface area contributed by atoms with Crippen molar-refractivity contribution >= 4 is 23.2 Å². The number of nitrogens with two attached hydrogens (primary N) is 1. The summed E-state index contributed by atoms with van der Waals surface area (Å²) in [4.78, 5) is 14.4. The van der Waals surface area contributed by atoms with Gasteiger partial charge in [-0.15, -0.1) is 0 Å². The van der Waals surface area contributed by atoms with Crippen molar-refractivity contribution in [2.75, 3.05) is 25.4 Å². The number of ether oxygens (including phenoxy) is 1. The van der Waals surface area contributed by atoms with Crippen LogP contribution < -0.4 is 5.73 Å². The van der Waals surface area contributed by atoms with Crippen LogP contribution in [-0.4, -0.2) is 30.5 Å². The number of benzene rings is 2. The highest BCUT2D eigenvalue weighted by Crippen LogP contribution is 2.25. The zero-order valence-electron chi connectivity index (χ0n) is 12.0. The first-order valence-corrected chi connectivity index (χ1v) is 7.54. The second-order valence-corrected chi connectivity index (χ2v) is 5.67. The van der Waals surface area contributed by atoms with Gasteiger partial charge in [0.05, 0.1) is 23.7 Å². The third-order valence-electron chi connectivity index (χ3n) is 3.75. The summed E-state index contributed by atoms with van der Waals surface area (Å²) in [6, 6.07) is 14.9. The Morgan fingerprint density at radius 1 is 1.23 bits per heavy atom. The van der Waals surface area contributed by atoms with Crippen LogP contribution >= 0.6 is 11.6 Å². The molecule has 0 spiro atoms. The van der Waals surface area contributed by atoms with E-state index in [4.69, 9.17) is 22.1 Å². The number of morpholine rings is 1. The quantitative estimate of drug-likeness (QED) is 0.866. The number of nitrogens with zero attached hydrogens (tertiary/aromatic N) is 1. The van der Waals surface area contributed by atoms with Gasteiger partial charge in [-0.2, -0.15) is 0 Å². The number of halogens is 1. The monoisotopic (exact) mass is 316 g/mol. The molecular formula is C17H17ClN2O2. The first-order chi connectivity index (χ1) is 10.6. The lowest BCUT2D eigenvalue weighted by Gasteiger charge is -2.33. The third-order valence-corrected chi connectivity index (χ3v) is 4.06. The highest BCUT2D eigenvalue weighted by Gasteiger charge is 2.27. The second kappa shape index (κ2) is 6.38. The lowest BCUT2D eigenvalue weighted by molar-refractivity contribution is -0.0228. The predicted molar refractivity (Wildman–Crippen MR) is 86.9 cm³/mol. The lowest BCUT2D eigenvalue weighted by atomic mass is 10.1. The minimum atomic E-state index is -0.105. The van der Waals surface area contributed by atoms with Crippen molar-refractivity contribution in [1.29, 1.82) is 0 Å². The first kappa shape index (κ1) is 14.9. The van der Waals surface area contributed by atoms with E-state index in [1.54, 1.807) is 23.1 Å². The maximum atomic E-state index is 12.7. The van der Waals surface area contributed by atoms with E-state index in [2.05, 4.69) is 0 Å². The summed E-state index contributed by atoms with van der Waals surface area (Å²) in [7, 11) is 0. The average Bonchev–Trinajstić information content (AvgIpc) is 2.55. The summed E-state index contributed by atoms with van der Waals surface area (Å²) in [5, 5.41) is 0.382. The molecule has 2 aromatic rings. The Balaban J connectivity index is 1.78. The molecule has 22 heavy (non-hydrogen) atoms. The number of rotatable bonds is 2. The molecule has 1 heterocycles. The summed E-state index contributed by atoms with van der Waals surface area (Å²) in [6.45, 7) is 1.59. The van der Waals surface area contributed by atoms with Gasteiger partial charge >= 0.3 is 0 Å². The molecule has 114 valence electrons. The van der Waals surface area contributed by atoms with Crippen molar-refractivity contribution in [3.8, 4) is 0 Å². The molecule has 2 N–H and O–H groups in total. The number of hydrogen-bond donors (Lipinski definition) is 1. The van der Waals surface area contributed by atoms with Crippen molar-refractivity contribution in [2.45, 2.75) is 6.10 Å². The molecular weight excluding hydrogens is 300 g/mol. The van der Waals surface area contributed by atoms with Gasteiger partial charge in [-0.25, -0.2) is 0 Å². The summed E-state index contributed by atoms with van der Waals surface area (Å²) in [5.41, 5.74) is 7.77. The van der Waals surface area contributed by atoms with Crippen LogP contribution in [0.3, 0.4) is 0 Å². The molecule has 3 rings (SSSR count). The highest BCUT2D eigenvalue weighted by molar-refractivity contribution is 6.34. The number of carbonyl (C=O) groups is 1. The van der Waals surface area contributed by atoms with Gasteiger partial charge in [0.15, 0.2) is 0 Å². The number of hydrogen-bond acceptors (Lipinski definition) is 3. The number of nitrogen functional groups attached to an aromatic ring is 1. The maximum Gasteiger partial charge on any atom is 0.255 e. The normalized spacial score (nSPS) is 18.2. The molecule has 1 aliphatic rings. The van der Waals surface area contributed by atoms with Gasteiger partial charge < -0.3 is 15.4 Å². The SMILES string of the molecule is Nc1ccc(C(=O)N2CCO[C@@H](c3ccccc3)C2)c(Cl)c1. The zero-order chi connectivity index (χ0) is 15.5. The van der Waals surface area contributed by atoms with Crippen LogP contribution in [0.5, 0.6) is 0 Å². The van der Waals surface area contributed by atoms with Crippen molar-refractivity contribution in [2.24, 2.45) is 0 Å². The summed E-state index contributed by atoms with van der Waals surface area (Å²) >= 11 is 6.14. The highest BCUT2D eigenvalue weighted by atomic mass is 35.5. The molecule has 0 aromatic heterocycles. The lowest BCUT2D eigenvalue weighted by Crippen LogP contribution is -2.42. The van der Waals surface area contributed by atoms with Gasteiger partial charge in [-0.3, -0.25) is 4.79 Å². The molecule has 0 unspecified atom stereocenters. The average molecular weight is 317 g/mol. The molecule has 0 radical (unpaired) electrons. The molecule has 1 atom stereocenters. The second-order valence-electron chi connectivity index (χ2n) is 5.26. The van der Waals surface area contributed by atoms with E-state index in [0.29, 0.717) is 36.0 Å². The summed E-state index contributed by atoms with van der Waals surface area (Å²) in [6.07, 6.45) is -0.105. The Labute approximate surface area is 134 Å². The molecule has 1 aliphatic heterocycles. The van der Waals surface area contributed by atoms with Crippen LogP contribution in [0.25, 0.3) is 0 Å². The zero-order valence-corrected chi connectivity index (χ0v) is 12.8. The fourth-order valence-corrected chi connectivity index (χ4v) is 2.85. The first-order valence-electron chi connectivity index (χ1n) is 7.16. The largest absolute Gasteiger partial charge is 0.399 e. The summed E-state index contributed by atoms with van der Waals surface area (Å²) in [5.74, 6) is -0.0887. The number of amides is 1. The molecule has 0 saturated carbocycles. The molecule has 4 nitrogen and oxygen atoms in total. The Morgan fingerprint density at radius 2 is 2.00 bits per heavy atom. The van der Waals surface area contributed by atoms with Crippen LogP contribution in [0.2, 0.25) is 5.02 Å². The van der Waals surface area contributed by atoms with Crippen molar-refractivity contribution in [3.05, 3.63) is 64.7 Å². The molecule has 2 aromatic carbocycles. The fraction of sp³-hybridized carbons (Fsp3) is 0.235. The molecule has 0 bridgehead atoms. The van der Waals surface area contributed by atoms with E-state index in [9.17, 15) is 4.79 Å². The Morgan fingerprint density at radius 3 is 2.73 bits per heavy atom. The van der Waals surface area contributed by atoms with Gasteiger partial charge in [0, 0.05) is 12.2 Å². The van der Waals surface area contributed by atoms with Gasteiger partial charge in [0.2, 0.25) is 0 Å². The standard InChI is InChI=1S/C17H17ClN2O2/c18-15-10-13(19)6-7-14(15)17(21)20-8-9-22-16(11-20)12-4-2-1-3-5-12/h1-7,10,16H,8-9,11,19H2/t16-/m1/s1. The van der Waals surface area contributed by atoms with E-state index >= 15 is 0 Å². The Bertz CT molecular complexity index is 676. The number of anilines is 1. The Hall–Kier alpha value is -2.04. The van der Waals surface area contributed by atoms with Gasteiger partial charge in [-0.1, -0.05) is 41.9 Å². The number of carbonyl (C=O) groups excluding carboxylic acids is 1. The molecule has 5 heteroatoms. The van der Waals surface area contributed by atoms with Crippen molar-refractivity contribution in [1.82, 2.24) is 4.90 Å². The van der Waals surface area contributed by atoms with Crippen LogP contribution in [0.1, 0.15) is 22.0 Å². The van der Waals surface area contributed by atoms with E-state index in [0.717, 1.165) is 5.56 Å². The topological polar surface area (TPSA) is 55.6 Å². The van der Waals surface area contributed by atoms with Crippen LogP contribution in [-0.2, 0) is 4.74 Å². The minimum absolute atomic E-state index is 0.0887. The van der Waals surface area contributed by atoms with E-state index in [1.165, 1.54) is 0 Å². The third kappa shape index (κ3) is 3.08. The van der Waals surface area contributed by atoms with Gasteiger partial charge in [-0.05, 0) is 23.8 Å². The van der Waals surface area contributed by atoms with Crippen LogP contribution in [0, 0.1) is 0 Å². The maximum absolute atomic E-state index is 12.7. The van der Waals surface area contributed by atoms with Crippen LogP contribution in [0.4, 0.5) is 5.69 Å². The summed E-state index contributed by atoms with van der Waals surface area (Å²) < 4.78 is 5.78. The van der Waals surface area contributed by atoms with Gasteiger partial charge in [0.1, 0.15) is 6.10 Å². The molecule has 1 fully saturated rings. The van der Waals surface area contributed by atoms with E-state index in [-0.39, 0.29) is 12.0 Å². The van der Waals surface area contributed by atoms with Crippen molar-refractivity contribution in [3.63, 3.8) is 0 Å². The molecule has 0 aliphatic carbocycles. The van der Waals surface area contributed by atoms with E-state index < -0.39 is 0 Å². The van der Waals surface area contributed by atoms with Crippen molar-refractivity contribution < 1.29 is 9.53 Å². The Kier molecular flexibility index (Phi) is 4.32. The molecule has 1 amide bonds. The minimum Gasteiger partial charge on any atom is -0.399 e. The van der Waals surface area contributed by atoms with Gasteiger partial charge in [0.25, 0.3) is 5.91 Å². The van der Waals surface area contributed by atoms with Crippen LogP contribution in [0.15, 0.2) is 48.5 Å². The van der Waals surface area contributed by atoms with E-state index in [1.807, 2.05) is 30.3 Å². The smallest absolute Gasteiger partial charge is 0.255 e. The fourth-order valence-electron chi connectivity index (χ4n) is 2.58.